The van der Waals surface area contributed by atoms with Crippen molar-refractivity contribution in [1.82, 2.24) is 14.4 Å². The molecule has 0 spiro atoms. The number of aromatic nitrogens is 1. The number of halogens is 1. The van der Waals surface area contributed by atoms with Crippen LogP contribution in [0.2, 0.25) is 5.02 Å². The first kappa shape index (κ1) is 24.0. The van der Waals surface area contributed by atoms with Gasteiger partial charge in [-0.15, -0.1) is 0 Å². The third-order valence-corrected chi connectivity index (χ3v) is 5.71. The normalized spacial score (nSPS) is 12.1. The minimum atomic E-state index is -0.0655. The molecule has 0 aliphatic carbocycles. The molecule has 0 saturated heterocycles. The van der Waals surface area contributed by atoms with Gasteiger partial charge in [0.05, 0.1) is 13.1 Å². The molecule has 1 atom stereocenters. The highest BCUT2D eigenvalue weighted by molar-refractivity contribution is 6.31. The highest BCUT2D eigenvalue weighted by Crippen LogP contribution is 2.19. The molecule has 1 aromatic carbocycles. The van der Waals surface area contributed by atoms with Crippen molar-refractivity contribution >= 4 is 23.4 Å². The molecule has 6 heteroatoms. The highest BCUT2D eigenvalue weighted by Gasteiger charge is 2.23. The van der Waals surface area contributed by atoms with Crippen LogP contribution in [0.15, 0.2) is 42.6 Å². The smallest absolute Gasteiger partial charge is 0.242 e. The Morgan fingerprint density at radius 2 is 1.80 bits per heavy atom. The number of amides is 2. The van der Waals surface area contributed by atoms with Gasteiger partial charge in [-0.05, 0) is 43.0 Å². The monoisotopic (exact) mass is 431 g/mol. The number of nitrogens with zero attached hydrogens (tertiary/aromatic N) is 3. The summed E-state index contributed by atoms with van der Waals surface area (Å²) in [5.74, 6) is 0.240. The first-order valence-electron chi connectivity index (χ1n) is 10.6. The molecule has 0 radical (unpaired) electrons. The van der Waals surface area contributed by atoms with E-state index in [1.165, 1.54) is 6.92 Å². The maximum atomic E-state index is 13.2. The first-order chi connectivity index (χ1) is 14.2. The summed E-state index contributed by atoms with van der Waals surface area (Å²) in [4.78, 5) is 28.8. The van der Waals surface area contributed by atoms with Gasteiger partial charge in [0, 0.05) is 43.0 Å². The molecular weight excluding hydrogens is 398 g/mol. The number of hydrogen-bond donors (Lipinski definition) is 0. The predicted molar refractivity (Wildman–Crippen MR) is 122 cm³/mol. The molecule has 164 valence electrons. The molecule has 30 heavy (non-hydrogen) atoms. The van der Waals surface area contributed by atoms with Crippen molar-refractivity contribution < 1.29 is 9.59 Å². The number of carbonyl (C=O) groups excluding carboxylic acids is 2. The van der Waals surface area contributed by atoms with Crippen LogP contribution in [0.1, 0.15) is 52.3 Å². The zero-order valence-electron chi connectivity index (χ0n) is 18.8. The van der Waals surface area contributed by atoms with E-state index in [1.807, 2.05) is 61.3 Å². The lowest BCUT2D eigenvalue weighted by Gasteiger charge is -2.31. The molecular formula is C24H34ClN3O2. The van der Waals surface area contributed by atoms with Crippen LogP contribution < -0.4 is 0 Å². The lowest BCUT2D eigenvalue weighted by atomic mass is 10.1. The third-order valence-electron chi connectivity index (χ3n) is 5.35. The minimum Gasteiger partial charge on any atom is -0.345 e. The second kappa shape index (κ2) is 11.2. The second-order valence-corrected chi connectivity index (χ2v) is 8.70. The fourth-order valence-corrected chi connectivity index (χ4v) is 3.69. The minimum absolute atomic E-state index is 0.0234. The Hall–Kier alpha value is -2.27. The van der Waals surface area contributed by atoms with Gasteiger partial charge in [0.25, 0.3) is 0 Å². The average Bonchev–Trinajstić information content (AvgIpc) is 3.12. The Bertz CT molecular complexity index is 846. The quantitative estimate of drug-likeness (QED) is 0.541. The molecule has 2 rings (SSSR count). The van der Waals surface area contributed by atoms with E-state index < -0.39 is 0 Å². The average molecular weight is 432 g/mol. The van der Waals surface area contributed by atoms with E-state index in [2.05, 4.69) is 18.4 Å². The highest BCUT2D eigenvalue weighted by atomic mass is 35.5. The van der Waals surface area contributed by atoms with Gasteiger partial charge in [0.1, 0.15) is 0 Å². The van der Waals surface area contributed by atoms with Crippen molar-refractivity contribution in [2.75, 3.05) is 13.1 Å². The zero-order valence-corrected chi connectivity index (χ0v) is 19.5. The fourth-order valence-electron chi connectivity index (χ4n) is 3.49. The number of rotatable bonds is 10. The summed E-state index contributed by atoms with van der Waals surface area (Å²) in [5.41, 5.74) is 2.08. The van der Waals surface area contributed by atoms with Crippen molar-refractivity contribution in [3.63, 3.8) is 0 Å². The standard InChI is InChI=1S/C24H34ClN3O2/c1-6-19(4)28(20(5)29)17-24(30)27(14-18(2)3)16-22-11-9-13-26(22)15-21-10-7-8-12-23(21)25/h7-13,18-19H,6,14-17H2,1-5H3/t19-/m1/s1. The van der Waals surface area contributed by atoms with Gasteiger partial charge in [0.15, 0.2) is 0 Å². The van der Waals surface area contributed by atoms with Crippen molar-refractivity contribution in [3.8, 4) is 0 Å². The van der Waals surface area contributed by atoms with Crippen molar-refractivity contribution in [3.05, 3.63) is 58.9 Å². The Morgan fingerprint density at radius 3 is 2.40 bits per heavy atom. The molecule has 1 aromatic heterocycles. The molecule has 2 aromatic rings. The summed E-state index contributed by atoms with van der Waals surface area (Å²) in [6.07, 6.45) is 2.83. The predicted octanol–water partition coefficient (Wildman–Crippen LogP) is 4.82. The summed E-state index contributed by atoms with van der Waals surface area (Å²) in [6.45, 7) is 11.6. The van der Waals surface area contributed by atoms with E-state index in [0.717, 1.165) is 22.7 Å². The Kier molecular flexibility index (Phi) is 8.97. The molecule has 0 N–H and O–H groups in total. The van der Waals surface area contributed by atoms with Gasteiger partial charge in [-0.1, -0.05) is 50.6 Å². The van der Waals surface area contributed by atoms with Crippen molar-refractivity contribution in [2.24, 2.45) is 5.92 Å². The number of carbonyl (C=O) groups is 2. The lowest BCUT2D eigenvalue weighted by Crippen LogP contribution is -2.46. The van der Waals surface area contributed by atoms with Gasteiger partial charge in [-0.2, -0.15) is 0 Å². The molecule has 0 fully saturated rings. The van der Waals surface area contributed by atoms with E-state index in [0.29, 0.717) is 25.6 Å². The summed E-state index contributed by atoms with van der Waals surface area (Å²) >= 11 is 6.33. The maximum absolute atomic E-state index is 13.2. The SMILES string of the molecule is CC[C@@H](C)N(CC(=O)N(Cc1cccn1Cc1ccccc1Cl)CC(C)C)C(C)=O. The van der Waals surface area contributed by atoms with Crippen molar-refractivity contribution in [1.29, 1.82) is 0 Å². The molecule has 0 aliphatic rings. The van der Waals surface area contributed by atoms with E-state index >= 15 is 0 Å². The first-order valence-corrected chi connectivity index (χ1v) is 11.0. The van der Waals surface area contributed by atoms with E-state index in [-0.39, 0.29) is 24.4 Å². The molecule has 0 aliphatic heterocycles. The summed E-state index contributed by atoms with van der Waals surface area (Å²) in [5, 5.41) is 0.734. The fraction of sp³-hybridized carbons (Fsp3) is 0.500. The van der Waals surface area contributed by atoms with Crippen LogP contribution in [0.3, 0.4) is 0 Å². The van der Waals surface area contributed by atoms with E-state index in [9.17, 15) is 9.59 Å². The van der Waals surface area contributed by atoms with Crippen LogP contribution in [0, 0.1) is 5.92 Å². The molecule has 0 bridgehead atoms. The lowest BCUT2D eigenvalue weighted by molar-refractivity contribution is -0.141. The van der Waals surface area contributed by atoms with Crippen LogP contribution in [-0.2, 0) is 22.7 Å². The maximum Gasteiger partial charge on any atom is 0.242 e. The largest absolute Gasteiger partial charge is 0.345 e. The van der Waals surface area contributed by atoms with E-state index in [1.54, 1.807) is 4.90 Å². The van der Waals surface area contributed by atoms with Crippen LogP contribution in [0.25, 0.3) is 0 Å². The van der Waals surface area contributed by atoms with Crippen LogP contribution in [0.4, 0.5) is 0 Å². The third kappa shape index (κ3) is 6.63. The number of benzene rings is 1. The summed E-state index contributed by atoms with van der Waals surface area (Å²) in [6, 6.07) is 11.9. The van der Waals surface area contributed by atoms with Gasteiger partial charge in [0.2, 0.25) is 11.8 Å². The van der Waals surface area contributed by atoms with Gasteiger partial charge >= 0.3 is 0 Å². The number of hydrogen-bond acceptors (Lipinski definition) is 2. The second-order valence-electron chi connectivity index (χ2n) is 8.29. The van der Waals surface area contributed by atoms with Gasteiger partial charge in [-0.3, -0.25) is 9.59 Å². The molecule has 0 saturated carbocycles. The topological polar surface area (TPSA) is 45.6 Å². The van der Waals surface area contributed by atoms with E-state index in [4.69, 9.17) is 11.6 Å². The van der Waals surface area contributed by atoms with Crippen LogP contribution in [0.5, 0.6) is 0 Å². The Balaban J connectivity index is 2.19. The zero-order chi connectivity index (χ0) is 22.3. The molecule has 2 amide bonds. The summed E-state index contributed by atoms with van der Waals surface area (Å²) in [7, 11) is 0. The summed E-state index contributed by atoms with van der Waals surface area (Å²) < 4.78 is 2.12. The Labute approximate surface area is 185 Å². The molecule has 0 unspecified atom stereocenters. The van der Waals surface area contributed by atoms with Gasteiger partial charge in [-0.25, -0.2) is 0 Å². The Morgan fingerprint density at radius 1 is 1.10 bits per heavy atom. The van der Waals surface area contributed by atoms with Gasteiger partial charge < -0.3 is 14.4 Å². The molecule has 1 heterocycles. The molecule has 5 nitrogen and oxygen atoms in total. The van der Waals surface area contributed by atoms with Crippen LogP contribution >= 0.6 is 11.6 Å². The van der Waals surface area contributed by atoms with Crippen LogP contribution in [-0.4, -0.2) is 45.3 Å². The van der Waals surface area contributed by atoms with Crippen molar-refractivity contribution in [2.45, 2.75) is 60.2 Å².